The van der Waals surface area contributed by atoms with Crippen molar-refractivity contribution in [2.45, 2.75) is 19.4 Å². The Morgan fingerprint density at radius 1 is 1.35 bits per heavy atom. The van der Waals surface area contributed by atoms with E-state index in [9.17, 15) is 5.11 Å². The molecule has 5 nitrogen and oxygen atoms in total. The molecule has 0 bridgehead atoms. The van der Waals surface area contributed by atoms with Gasteiger partial charge in [-0.15, -0.1) is 0 Å². The van der Waals surface area contributed by atoms with Gasteiger partial charge in [0.15, 0.2) is 5.82 Å². The Hall–Kier alpha value is -1.88. The maximum absolute atomic E-state index is 9.97. The maximum atomic E-state index is 9.97. The van der Waals surface area contributed by atoms with Crippen LogP contribution in [0.25, 0.3) is 0 Å². The fourth-order valence-corrected chi connectivity index (χ4v) is 1.47. The summed E-state index contributed by atoms with van der Waals surface area (Å²) in [6.07, 6.45) is 1.57. The van der Waals surface area contributed by atoms with Crippen molar-refractivity contribution in [2.24, 2.45) is 0 Å². The lowest BCUT2D eigenvalue weighted by Gasteiger charge is -2.09. The van der Waals surface area contributed by atoms with Crippen molar-refractivity contribution in [3.05, 3.63) is 42.0 Å². The van der Waals surface area contributed by atoms with Crippen LogP contribution in [0.1, 0.15) is 30.8 Å². The first-order valence-corrected chi connectivity index (χ1v) is 5.57. The molecular formula is C12H15N3O2. The highest BCUT2D eigenvalue weighted by Gasteiger charge is 2.12. The number of benzene rings is 1. The van der Waals surface area contributed by atoms with Crippen molar-refractivity contribution in [3.63, 3.8) is 0 Å². The summed E-state index contributed by atoms with van der Waals surface area (Å²) in [7, 11) is 0. The predicted molar refractivity (Wildman–Crippen MR) is 62.7 cm³/mol. The van der Waals surface area contributed by atoms with E-state index in [1.54, 1.807) is 0 Å². The van der Waals surface area contributed by atoms with Gasteiger partial charge in [-0.3, -0.25) is 5.10 Å². The van der Waals surface area contributed by atoms with E-state index < -0.39 is 6.10 Å². The number of hydrogen-bond acceptors (Lipinski definition) is 4. The van der Waals surface area contributed by atoms with E-state index in [1.165, 1.54) is 6.33 Å². The van der Waals surface area contributed by atoms with Crippen molar-refractivity contribution < 1.29 is 9.84 Å². The number of aromatic nitrogens is 3. The molecule has 2 aromatic rings. The fraction of sp³-hybridized carbons (Fsp3) is 0.333. The van der Waals surface area contributed by atoms with Crippen LogP contribution in [-0.4, -0.2) is 26.9 Å². The van der Waals surface area contributed by atoms with Gasteiger partial charge in [0.1, 0.15) is 18.2 Å². The standard InChI is InChI=1S/C12H15N3O2/c1-2-7-17-10-5-3-9(4-6-10)11(16)12-13-8-14-15-12/h3-6,8,11,16H,2,7H2,1H3,(H,13,14,15). The molecule has 1 aromatic heterocycles. The molecule has 0 fully saturated rings. The number of hydrogen-bond donors (Lipinski definition) is 2. The summed E-state index contributed by atoms with van der Waals surface area (Å²) < 4.78 is 5.46. The predicted octanol–water partition coefficient (Wildman–Crippen LogP) is 1.68. The van der Waals surface area contributed by atoms with Gasteiger partial charge in [0.25, 0.3) is 0 Å². The SMILES string of the molecule is CCCOc1ccc(C(O)c2ncn[nH]2)cc1. The molecule has 5 heteroatoms. The number of aliphatic hydroxyl groups is 1. The molecule has 0 aliphatic rings. The molecule has 0 aliphatic carbocycles. The lowest BCUT2D eigenvalue weighted by Crippen LogP contribution is -2.02. The summed E-state index contributed by atoms with van der Waals surface area (Å²) in [5.41, 5.74) is 0.755. The lowest BCUT2D eigenvalue weighted by atomic mass is 10.1. The molecule has 1 heterocycles. The first kappa shape index (κ1) is 11.6. The van der Waals surface area contributed by atoms with Gasteiger partial charge in [0, 0.05) is 0 Å². The zero-order chi connectivity index (χ0) is 12.1. The molecule has 0 amide bonds. The topological polar surface area (TPSA) is 71.0 Å². The van der Waals surface area contributed by atoms with E-state index >= 15 is 0 Å². The van der Waals surface area contributed by atoms with Gasteiger partial charge in [-0.05, 0) is 24.1 Å². The zero-order valence-electron chi connectivity index (χ0n) is 9.63. The van der Waals surface area contributed by atoms with Crippen LogP contribution in [0, 0.1) is 0 Å². The highest BCUT2D eigenvalue weighted by Crippen LogP contribution is 2.21. The van der Waals surface area contributed by atoms with Crippen LogP contribution in [-0.2, 0) is 0 Å². The largest absolute Gasteiger partial charge is 0.494 e. The molecule has 1 atom stereocenters. The number of ether oxygens (including phenoxy) is 1. The van der Waals surface area contributed by atoms with E-state index in [0.717, 1.165) is 17.7 Å². The molecule has 0 radical (unpaired) electrons. The Balaban J connectivity index is 2.07. The van der Waals surface area contributed by atoms with E-state index in [4.69, 9.17) is 4.74 Å². The van der Waals surface area contributed by atoms with Gasteiger partial charge < -0.3 is 9.84 Å². The van der Waals surface area contributed by atoms with Crippen molar-refractivity contribution >= 4 is 0 Å². The molecule has 0 saturated carbocycles. The number of nitrogens with zero attached hydrogens (tertiary/aromatic N) is 2. The number of rotatable bonds is 5. The second-order valence-corrected chi connectivity index (χ2v) is 3.69. The maximum Gasteiger partial charge on any atom is 0.157 e. The van der Waals surface area contributed by atoms with E-state index in [-0.39, 0.29) is 0 Å². The smallest absolute Gasteiger partial charge is 0.157 e. The van der Waals surface area contributed by atoms with Gasteiger partial charge in [-0.1, -0.05) is 19.1 Å². The average Bonchev–Trinajstić information content (AvgIpc) is 2.90. The second-order valence-electron chi connectivity index (χ2n) is 3.69. The van der Waals surface area contributed by atoms with Gasteiger partial charge in [0.05, 0.1) is 6.61 Å². The van der Waals surface area contributed by atoms with Crippen LogP contribution in [0.15, 0.2) is 30.6 Å². The highest BCUT2D eigenvalue weighted by atomic mass is 16.5. The quantitative estimate of drug-likeness (QED) is 0.824. The Bertz CT molecular complexity index is 439. The second kappa shape index (κ2) is 5.45. The first-order chi connectivity index (χ1) is 8.31. The Labute approximate surface area is 99.5 Å². The van der Waals surface area contributed by atoms with Crippen LogP contribution in [0.4, 0.5) is 0 Å². The molecule has 17 heavy (non-hydrogen) atoms. The Kier molecular flexibility index (Phi) is 3.72. The summed E-state index contributed by atoms with van der Waals surface area (Å²) in [4.78, 5) is 3.92. The molecule has 1 aromatic carbocycles. The normalized spacial score (nSPS) is 12.4. The monoisotopic (exact) mass is 233 g/mol. The Morgan fingerprint density at radius 3 is 2.71 bits per heavy atom. The fourth-order valence-electron chi connectivity index (χ4n) is 1.47. The minimum atomic E-state index is -0.780. The van der Waals surface area contributed by atoms with Gasteiger partial charge in [0.2, 0.25) is 0 Å². The van der Waals surface area contributed by atoms with Crippen LogP contribution < -0.4 is 4.74 Å². The molecule has 0 saturated heterocycles. The Morgan fingerprint density at radius 2 is 2.12 bits per heavy atom. The lowest BCUT2D eigenvalue weighted by molar-refractivity contribution is 0.210. The van der Waals surface area contributed by atoms with E-state index in [2.05, 4.69) is 22.1 Å². The molecule has 90 valence electrons. The molecular weight excluding hydrogens is 218 g/mol. The third kappa shape index (κ3) is 2.82. The van der Waals surface area contributed by atoms with Gasteiger partial charge in [-0.25, -0.2) is 4.98 Å². The van der Waals surface area contributed by atoms with E-state index in [0.29, 0.717) is 12.4 Å². The van der Waals surface area contributed by atoms with Crippen LogP contribution in [0.2, 0.25) is 0 Å². The zero-order valence-corrected chi connectivity index (χ0v) is 9.63. The van der Waals surface area contributed by atoms with Crippen molar-refractivity contribution in [2.75, 3.05) is 6.61 Å². The van der Waals surface area contributed by atoms with Gasteiger partial charge in [-0.2, -0.15) is 5.10 Å². The molecule has 0 spiro atoms. The molecule has 2 N–H and O–H groups in total. The first-order valence-electron chi connectivity index (χ1n) is 5.57. The minimum absolute atomic E-state index is 0.437. The summed E-state index contributed by atoms with van der Waals surface area (Å²) in [5, 5.41) is 16.3. The third-order valence-corrected chi connectivity index (χ3v) is 2.36. The van der Waals surface area contributed by atoms with Crippen molar-refractivity contribution in [3.8, 4) is 5.75 Å². The summed E-state index contributed by atoms with van der Waals surface area (Å²) in [5.74, 6) is 1.24. The number of nitrogens with one attached hydrogen (secondary N) is 1. The molecule has 0 aliphatic heterocycles. The number of aliphatic hydroxyl groups excluding tert-OH is 1. The van der Waals surface area contributed by atoms with Crippen molar-refractivity contribution in [1.82, 2.24) is 15.2 Å². The highest BCUT2D eigenvalue weighted by molar-refractivity contribution is 5.30. The number of aromatic amines is 1. The van der Waals surface area contributed by atoms with Crippen LogP contribution >= 0.6 is 0 Å². The number of H-pyrrole nitrogens is 1. The molecule has 2 rings (SSSR count). The summed E-state index contributed by atoms with van der Waals surface area (Å²) in [6, 6.07) is 7.31. The van der Waals surface area contributed by atoms with E-state index in [1.807, 2.05) is 24.3 Å². The molecule has 1 unspecified atom stereocenters. The summed E-state index contributed by atoms with van der Waals surface area (Å²) >= 11 is 0. The van der Waals surface area contributed by atoms with Crippen molar-refractivity contribution in [1.29, 1.82) is 0 Å². The van der Waals surface area contributed by atoms with Gasteiger partial charge >= 0.3 is 0 Å². The van der Waals surface area contributed by atoms with Crippen LogP contribution in [0.5, 0.6) is 5.75 Å². The third-order valence-electron chi connectivity index (χ3n) is 2.36. The minimum Gasteiger partial charge on any atom is -0.494 e. The average molecular weight is 233 g/mol. The summed E-state index contributed by atoms with van der Waals surface area (Å²) in [6.45, 7) is 2.76. The van der Waals surface area contributed by atoms with Crippen LogP contribution in [0.3, 0.4) is 0 Å².